The van der Waals surface area contributed by atoms with E-state index in [1.54, 1.807) is 6.92 Å². The molecule has 2 rings (SSSR count). The van der Waals surface area contributed by atoms with Crippen LogP contribution in [-0.2, 0) is 0 Å². The normalized spacial score (nSPS) is 10.2. The van der Waals surface area contributed by atoms with E-state index in [4.69, 9.17) is 5.11 Å². The average molecular weight is 279 g/mol. The third kappa shape index (κ3) is 2.86. The Kier molecular flexibility index (Phi) is 3.43. The number of nitro groups is 1. The molecule has 0 bridgehead atoms. The van der Waals surface area contributed by atoms with E-state index in [-0.39, 0.29) is 10.6 Å². The summed E-state index contributed by atoms with van der Waals surface area (Å²) in [5.74, 6) is -1.02. The van der Waals surface area contributed by atoms with Crippen molar-refractivity contribution in [2.45, 2.75) is 6.92 Å². The minimum Gasteiger partial charge on any atom is -0.477 e. The van der Waals surface area contributed by atoms with Crippen molar-refractivity contribution >= 4 is 33.8 Å². The van der Waals surface area contributed by atoms with Gasteiger partial charge in [-0.3, -0.25) is 10.1 Å². The maximum Gasteiger partial charge on any atom is 0.347 e. The first-order chi connectivity index (χ1) is 8.97. The second kappa shape index (κ2) is 5.02. The van der Waals surface area contributed by atoms with Gasteiger partial charge in [-0.2, -0.15) is 0 Å². The van der Waals surface area contributed by atoms with E-state index in [2.05, 4.69) is 10.3 Å². The van der Waals surface area contributed by atoms with Gasteiger partial charge in [0, 0.05) is 17.8 Å². The van der Waals surface area contributed by atoms with E-state index in [1.807, 2.05) is 0 Å². The molecule has 0 fully saturated rings. The number of hydrogen-bond donors (Lipinski definition) is 2. The lowest BCUT2D eigenvalue weighted by Gasteiger charge is -2.01. The molecule has 0 atom stereocenters. The first-order valence-corrected chi connectivity index (χ1v) is 6.01. The van der Waals surface area contributed by atoms with Crippen molar-refractivity contribution in [2.24, 2.45) is 0 Å². The summed E-state index contributed by atoms with van der Waals surface area (Å²) < 4.78 is 0. The molecule has 0 aliphatic carbocycles. The first-order valence-electron chi connectivity index (χ1n) is 5.19. The largest absolute Gasteiger partial charge is 0.477 e. The standard InChI is InChI=1S/C11H9N3O4S/c1-6-9(10(15)16)19-11(12-6)13-7-2-4-8(5-3-7)14(17)18/h2-5H,1H3,(H,12,13)(H,15,16). The second-order valence-corrected chi connectivity index (χ2v) is 4.67. The number of nitrogens with one attached hydrogen (secondary N) is 1. The van der Waals surface area contributed by atoms with Gasteiger partial charge in [-0.25, -0.2) is 9.78 Å². The molecule has 0 amide bonds. The van der Waals surface area contributed by atoms with E-state index >= 15 is 0 Å². The average Bonchev–Trinajstić information content (AvgIpc) is 2.71. The molecule has 0 aliphatic heterocycles. The third-order valence-corrected chi connectivity index (χ3v) is 3.38. The van der Waals surface area contributed by atoms with Gasteiger partial charge in [-0.05, 0) is 19.1 Å². The highest BCUT2D eigenvalue weighted by Crippen LogP contribution is 2.26. The van der Waals surface area contributed by atoms with Crippen LogP contribution in [0.3, 0.4) is 0 Å². The van der Waals surface area contributed by atoms with E-state index in [0.717, 1.165) is 11.3 Å². The van der Waals surface area contributed by atoms with Gasteiger partial charge in [-0.15, -0.1) is 0 Å². The van der Waals surface area contributed by atoms with E-state index in [1.165, 1.54) is 24.3 Å². The fraction of sp³-hybridized carbons (Fsp3) is 0.0909. The zero-order valence-electron chi connectivity index (χ0n) is 9.78. The van der Waals surface area contributed by atoms with Gasteiger partial charge in [0.05, 0.1) is 10.6 Å². The van der Waals surface area contributed by atoms with Gasteiger partial charge in [0.25, 0.3) is 5.69 Å². The monoisotopic (exact) mass is 279 g/mol. The van der Waals surface area contributed by atoms with Crippen molar-refractivity contribution in [3.63, 3.8) is 0 Å². The maximum atomic E-state index is 10.9. The van der Waals surface area contributed by atoms with Crippen LogP contribution in [0.2, 0.25) is 0 Å². The number of benzene rings is 1. The number of anilines is 2. The van der Waals surface area contributed by atoms with E-state index in [9.17, 15) is 14.9 Å². The number of rotatable bonds is 4. The summed E-state index contributed by atoms with van der Waals surface area (Å²) in [7, 11) is 0. The molecule has 1 aromatic carbocycles. The fourth-order valence-electron chi connectivity index (χ4n) is 1.44. The molecular formula is C11H9N3O4S. The molecule has 98 valence electrons. The number of aromatic nitrogens is 1. The number of nitro benzene ring substituents is 1. The van der Waals surface area contributed by atoms with Gasteiger partial charge >= 0.3 is 5.97 Å². The summed E-state index contributed by atoms with van der Waals surface area (Å²) in [6, 6.07) is 5.80. The summed E-state index contributed by atoms with van der Waals surface area (Å²) in [6.45, 7) is 1.61. The van der Waals surface area contributed by atoms with Crippen LogP contribution >= 0.6 is 11.3 Å². The lowest BCUT2D eigenvalue weighted by atomic mass is 10.3. The van der Waals surface area contributed by atoms with Gasteiger partial charge in [0.15, 0.2) is 5.13 Å². The molecule has 0 radical (unpaired) electrons. The lowest BCUT2D eigenvalue weighted by Crippen LogP contribution is -1.94. The number of hydrogen-bond acceptors (Lipinski definition) is 6. The van der Waals surface area contributed by atoms with E-state index in [0.29, 0.717) is 16.5 Å². The Morgan fingerprint density at radius 1 is 1.42 bits per heavy atom. The van der Waals surface area contributed by atoms with Crippen LogP contribution in [0.15, 0.2) is 24.3 Å². The molecule has 7 nitrogen and oxygen atoms in total. The number of nitrogens with zero attached hydrogens (tertiary/aromatic N) is 2. The SMILES string of the molecule is Cc1nc(Nc2ccc([N+](=O)[O-])cc2)sc1C(=O)O. The predicted molar refractivity (Wildman–Crippen MR) is 70.2 cm³/mol. The molecule has 0 unspecified atom stereocenters. The Morgan fingerprint density at radius 2 is 2.05 bits per heavy atom. The highest BCUT2D eigenvalue weighted by molar-refractivity contribution is 7.17. The van der Waals surface area contributed by atoms with Crippen LogP contribution in [0.4, 0.5) is 16.5 Å². The minimum atomic E-state index is -1.02. The lowest BCUT2D eigenvalue weighted by molar-refractivity contribution is -0.384. The Labute approximate surface area is 111 Å². The highest BCUT2D eigenvalue weighted by Gasteiger charge is 2.14. The molecule has 0 saturated heterocycles. The first kappa shape index (κ1) is 13.0. The molecule has 0 spiro atoms. The van der Waals surface area contributed by atoms with Crippen molar-refractivity contribution in [3.8, 4) is 0 Å². The molecule has 0 aliphatic rings. The second-order valence-electron chi connectivity index (χ2n) is 3.67. The summed E-state index contributed by atoms with van der Waals surface area (Å²) in [6.07, 6.45) is 0. The molecule has 1 heterocycles. The van der Waals surface area contributed by atoms with Gasteiger partial charge in [0.1, 0.15) is 4.88 Å². The number of thiazole rings is 1. The number of non-ortho nitro benzene ring substituents is 1. The highest BCUT2D eigenvalue weighted by atomic mass is 32.1. The number of carboxylic acid groups (broad SMARTS) is 1. The summed E-state index contributed by atoms with van der Waals surface area (Å²) in [5, 5.41) is 22.8. The molecule has 2 N–H and O–H groups in total. The fourth-order valence-corrected chi connectivity index (χ4v) is 2.26. The zero-order valence-corrected chi connectivity index (χ0v) is 10.6. The topological polar surface area (TPSA) is 105 Å². The predicted octanol–water partition coefficient (Wildman–Crippen LogP) is 2.80. The van der Waals surface area contributed by atoms with Crippen molar-refractivity contribution in [1.82, 2.24) is 4.98 Å². The molecule has 19 heavy (non-hydrogen) atoms. The van der Waals surface area contributed by atoms with Crippen LogP contribution in [0.25, 0.3) is 0 Å². The summed E-state index contributed by atoms with van der Waals surface area (Å²) in [5.41, 5.74) is 1.03. The van der Waals surface area contributed by atoms with Gasteiger partial charge < -0.3 is 10.4 Å². The zero-order chi connectivity index (χ0) is 14.0. The van der Waals surface area contributed by atoms with Crippen molar-refractivity contribution < 1.29 is 14.8 Å². The summed E-state index contributed by atoms with van der Waals surface area (Å²) in [4.78, 5) is 25.1. The van der Waals surface area contributed by atoms with Gasteiger partial charge in [0.2, 0.25) is 0 Å². The van der Waals surface area contributed by atoms with Gasteiger partial charge in [-0.1, -0.05) is 11.3 Å². The maximum absolute atomic E-state index is 10.9. The number of carbonyl (C=O) groups is 1. The number of carboxylic acids is 1. The molecule has 8 heteroatoms. The van der Waals surface area contributed by atoms with E-state index < -0.39 is 10.9 Å². The number of aromatic carboxylic acids is 1. The van der Waals surface area contributed by atoms with Crippen LogP contribution in [0, 0.1) is 17.0 Å². The van der Waals surface area contributed by atoms with Crippen LogP contribution in [-0.4, -0.2) is 21.0 Å². The quantitative estimate of drug-likeness (QED) is 0.658. The molecule has 0 saturated carbocycles. The molecule has 2 aromatic rings. The molecular weight excluding hydrogens is 270 g/mol. The smallest absolute Gasteiger partial charge is 0.347 e. The number of aryl methyl sites for hydroxylation is 1. The Bertz CT molecular complexity index is 636. The third-order valence-electron chi connectivity index (χ3n) is 2.32. The minimum absolute atomic E-state index is 0.00732. The summed E-state index contributed by atoms with van der Waals surface area (Å²) >= 11 is 1.02. The van der Waals surface area contributed by atoms with Crippen LogP contribution in [0.5, 0.6) is 0 Å². The van der Waals surface area contributed by atoms with Crippen LogP contribution in [0.1, 0.15) is 15.4 Å². The molecule has 1 aromatic heterocycles. The van der Waals surface area contributed by atoms with Crippen molar-refractivity contribution in [2.75, 3.05) is 5.32 Å². The van der Waals surface area contributed by atoms with Crippen LogP contribution < -0.4 is 5.32 Å². The Balaban J connectivity index is 2.19. The Hall–Kier alpha value is -2.48. The van der Waals surface area contributed by atoms with Crippen molar-refractivity contribution in [3.05, 3.63) is 45.0 Å². The van der Waals surface area contributed by atoms with Crippen molar-refractivity contribution in [1.29, 1.82) is 0 Å². The Morgan fingerprint density at radius 3 is 2.53 bits per heavy atom.